The van der Waals surface area contributed by atoms with E-state index in [-0.39, 0.29) is 17.4 Å². The fourth-order valence-corrected chi connectivity index (χ4v) is 5.01. The fourth-order valence-electron chi connectivity index (χ4n) is 5.01. The lowest BCUT2D eigenvalue weighted by atomic mass is 9.79. The molecule has 4 aromatic rings. The molecule has 1 aromatic heterocycles. The van der Waals surface area contributed by atoms with Crippen molar-refractivity contribution in [2.75, 3.05) is 0 Å². The number of para-hydroxylation sites is 1. The molecule has 0 radical (unpaired) electrons. The number of aryl methyl sites for hydroxylation is 1. The van der Waals surface area contributed by atoms with Gasteiger partial charge < -0.3 is 10.3 Å². The lowest BCUT2D eigenvalue weighted by Crippen LogP contribution is -2.27. The van der Waals surface area contributed by atoms with Crippen LogP contribution in [0.1, 0.15) is 34.5 Å². The van der Waals surface area contributed by atoms with Gasteiger partial charge in [0, 0.05) is 46.4 Å². The Hall–Kier alpha value is -4.53. The molecule has 0 fully saturated rings. The average molecular weight is 439 g/mol. The van der Waals surface area contributed by atoms with E-state index in [1.807, 2.05) is 31.2 Å². The van der Waals surface area contributed by atoms with Gasteiger partial charge in [0.25, 0.3) is 11.4 Å². The van der Waals surface area contributed by atoms with Gasteiger partial charge in [-0.1, -0.05) is 18.2 Å². The topological polar surface area (TPSA) is 126 Å². The minimum atomic E-state index is -0.447. The number of aliphatic imine (C=N–C) groups is 1. The number of benzene rings is 3. The Bertz CT molecular complexity index is 1540. The fraction of sp³-hybridized carbons (Fsp3) is 0.125. The third-order valence-electron chi connectivity index (χ3n) is 6.44. The van der Waals surface area contributed by atoms with Gasteiger partial charge in [-0.05, 0) is 47.4 Å². The number of fused-ring (bicyclic) bond motifs is 7. The van der Waals surface area contributed by atoms with Gasteiger partial charge in [0.1, 0.15) is 11.9 Å². The maximum Gasteiger partial charge on any atom is 0.269 e. The van der Waals surface area contributed by atoms with Gasteiger partial charge in [0.2, 0.25) is 0 Å². The molecule has 0 saturated heterocycles. The van der Waals surface area contributed by atoms with Crippen LogP contribution in [0.25, 0.3) is 22.0 Å². The molecule has 2 unspecified atom stereocenters. The first-order valence-corrected chi connectivity index (χ1v) is 10.4. The lowest BCUT2D eigenvalue weighted by Gasteiger charge is -2.29. The highest BCUT2D eigenvalue weighted by Gasteiger charge is 2.40. The Morgan fingerprint density at radius 1 is 0.879 bits per heavy atom. The van der Waals surface area contributed by atoms with Crippen LogP contribution in [-0.4, -0.2) is 20.7 Å². The molecule has 2 aliphatic rings. The molecule has 0 saturated carbocycles. The molecule has 9 heteroatoms. The number of hydrogen-bond acceptors (Lipinski definition) is 6. The van der Waals surface area contributed by atoms with Crippen molar-refractivity contribution < 1.29 is 9.85 Å². The predicted molar refractivity (Wildman–Crippen MR) is 123 cm³/mol. The van der Waals surface area contributed by atoms with E-state index in [9.17, 15) is 20.2 Å². The van der Waals surface area contributed by atoms with E-state index in [0.717, 1.165) is 44.4 Å². The van der Waals surface area contributed by atoms with E-state index >= 15 is 0 Å². The molecular weight excluding hydrogens is 422 g/mol. The van der Waals surface area contributed by atoms with E-state index in [2.05, 4.69) is 10.3 Å². The standard InChI is InChI=1S/C24H17N5O4/c1-12-21(17-4-2-3-5-20(17)25-12)24-26-22-18-10-13(28(30)31)6-8-15(18)16-9-7-14(29(32)33)11-19(16)23(22)27-24/h2-11,22-23,25H,1H3,(H,26,27). The number of H-pyrrole nitrogens is 1. The van der Waals surface area contributed by atoms with E-state index in [4.69, 9.17) is 4.99 Å². The summed E-state index contributed by atoms with van der Waals surface area (Å²) in [4.78, 5) is 30.4. The van der Waals surface area contributed by atoms with E-state index in [1.165, 1.54) is 12.1 Å². The van der Waals surface area contributed by atoms with Crippen LogP contribution in [0.2, 0.25) is 0 Å². The number of rotatable bonds is 3. The predicted octanol–water partition coefficient (Wildman–Crippen LogP) is 5.11. The molecule has 33 heavy (non-hydrogen) atoms. The monoisotopic (exact) mass is 439 g/mol. The molecule has 162 valence electrons. The van der Waals surface area contributed by atoms with Crippen molar-refractivity contribution >= 4 is 28.1 Å². The summed E-state index contributed by atoms with van der Waals surface area (Å²) in [6, 6.07) is 16.6. The van der Waals surface area contributed by atoms with Gasteiger partial charge >= 0.3 is 0 Å². The Labute approximate surface area is 187 Å². The largest absolute Gasteiger partial charge is 0.360 e. The van der Waals surface area contributed by atoms with Gasteiger partial charge in [-0.2, -0.15) is 0 Å². The summed E-state index contributed by atoms with van der Waals surface area (Å²) < 4.78 is 0. The van der Waals surface area contributed by atoms with Crippen molar-refractivity contribution in [3.05, 3.63) is 103 Å². The van der Waals surface area contributed by atoms with Gasteiger partial charge in [-0.15, -0.1) is 0 Å². The molecule has 2 heterocycles. The number of hydrogen-bond donors (Lipinski definition) is 2. The Morgan fingerprint density at radius 3 is 2.21 bits per heavy atom. The van der Waals surface area contributed by atoms with Gasteiger partial charge in [0.15, 0.2) is 0 Å². The van der Waals surface area contributed by atoms with Crippen LogP contribution in [0, 0.1) is 27.2 Å². The first kappa shape index (κ1) is 19.2. The molecule has 0 bridgehead atoms. The number of non-ortho nitro benzene ring substituents is 2. The van der Waals surface area contributed by atoms with Gasteiger partial charge in [0.05, 0.1) is 15.9 Å². The highest BCUT2D eigenvalue weighted by Crippen LogP contribution is 2.50. The second kappa shape index (κ2) is 6.73. The van der Waals surface area contributed by atoms with Crippen LogP contribution in [0.3, 0.4) is 0 Å². The summed E-state index contributed by atoms with van der Waals surface area (Å²) in [6.07, 6.45) is 0. The van der Waals surface area contributed by atoms with Crippen molar-refractivity contribution in [1.82, 2.24) is 10.3 Å². The SMILES string of the molecule is Cc1[nH]c2ccccc2c1C1=NC2c3cc([N+](=O)[O-])ccc3-c3ccc([N+](=O)[O-])cc3C2N1. The molecule has 0 spiro atoms. The van der Waals surface area contributed by atoms with Crippen LogP contribution in [0.5, 0.6) is 0 Å². The van der Waals surface area contributed by atoms with Gasteiger partial charge in [-0.25, -0.2) is 0 Å². The minimum Gasteiger partial charge on any atom is -0.360 e. The Morgan fingerprint density at radius 2 is 1.52 bits per heavy atom. The van der Waals surface area contributed by atoms with Crippen LogP contribution < -0.4 is 5.32 Å². The van der Waals surface area contributed by atoms with Crippen LogP contribution >= 0.6 is 0 Å². The molecule has 3 aromatic carbocycles. The van der Waals surface area contributed by atoms with Crippen molar-refractivity contribution in [2.45, 2.75) is 19.0 Å². The number of amidine groups is 1. The molecule has 2 atom stereocenters. The molecule has 6 rings (SSSR count). The second-order valence-electron chi connectivity index (χ2n) is 8.27. The third-order valence-corrected chi connectivity index (χ3v) is 6.44. The van der Waals surface area contributed by atoms with Crippen LogP contribution in [-0.2, 0) is 0 Å². The quantitative estimate of drug-likeness (QED) is 0.339. The van der Waals surface area contributed by atoms with Gasteiger partial charge in [-0.3, -0.25) is 25.2 Å². The normalized spacial score (nSPS) is 18.2. The minimum absolute atomic E-state index is 0.00335. The van der Waals surface area contributed by atoms with Crippen LogP contribution in [0.4, 0.5) is 11.4 Å². The highest BCUT2D eigenvalue weighted by molar-refractivity contribution is 6.12. The average Bonchev–Trinajstić information content (AvgIpc) is 3.38. The summed E-state index contributed by atoms with van der Waals surface area (Å²) in [5.41, 5.74) is 5.94. The summed E-state index contributed by atoms with van der Waals surface area (Å²) in [7, 11) is 0. The molecule has 2 N–H and O–H groups in total. The zero-order valence-corrected chi connectivity index (χ0v) is 17.4. The van der Waals surface area contributed by atoms with Crippen molar-refractivity contribution in [3.63, 3.8) is 0 Å². The number of aromatic nitrogens is 1. The van der Waals surface area contributed by atoms with Crippen LogP contribution in [0.15, 0.2) is 65.7 Å². The summed E-state index contributed by atoms with van der Waals surface area (Å²) in [6.45, 7) is 1.97. The lowest BCUT2D eigenvalue weighted by molar-refractivity contribution is -0.385. The summed E-state index contributed by atoms with van der Waals surface area (Å²) in [5, 5.41) is 27.4. The number of nitrogens with zero attached hydrogens (tertiary/aromatic N) is 3. The van der Waals surface area contributed by atoms with E-state index in [1.54, 1.807) is 24.3 Å². The summed E-state index contributed by atoms with van der Waals surface area (Å²) >= 11 is 0. The maximum atomic E-state index is 11.5. The number of aromatic amines is 1. The molecule has 1 aliphatic heterocycles. The number of nitrogens with one attached hydrogen (secondary N) is 2. The van der Waals surface area contributed by atoms with E-state index < -0.39 is 15.9 Å². The van der Waals surface area contributed by atoms with E-state index in [0.29, 0.717) is 5.84 Å². The van der Waals surface area contributed by atoms with Crippen molar-refractivity contribution in [1.29, 1.82) is 0 Å². The molecule has 9 nitrogen and oxygen atoms in total. The smallest absolute Gasteiger partial charge is 0.269 e. The molecular formula is C24H17N5O4. The summed E-state index contributed by atoms with van der Waals surface area (Å²) in [5.74, 6) is 0.664. The Kier molecular flexibility index (Phi) is 3.91. The first-order chi connectivity index (χ1) is 15.9. The third kappa shape index (κ3) is 2.75. The first-order valence-electron chi connectivity index (χ1n) is 10.4. The maximum absolute atomic E-state index is 11.5. The zero-order chi connectivity index (χ0) is 22.9. The van der Waals surface area contributed by atoms with Crippen molar-refractivity contribution in [2.24, 2.45) is 4.99 Å². The number of nitro benzene ring substituents is 2. The molecule has 1 aliphatic carbocycles. The zero-order valence-electron chi connectivity index (χ0n) is 17.4. The Balaban J connectivity index is 1.58. The van der Waals surface area contributed by atoms with Crippen molar-refractivity contribution in [3.8, 4) is 11.1 Å². The molecule has 0 amide bonds. The highest BCUT2D eigenvalue weighted by atomic mass is 16.6. The second-order valence-corrected chi connectivity index (χ2v) is 8.27. The number of nitro groups is 2.